The number of amides is 2. The Bertz CT molecular complexity index is 1880. The molecule has 5 aromatic carbocycles. The summed E-state index contributed by atoms with van der Waals surface area (Å²) in [4.78, 5) is 27.0. The number of rotatable bonds is 12. The van der Waals surface area contributed by atoms with Gasteiger partial charge in [-0.3, -0.25) is 9.59 Å². The molecule has 0 fully saturated rings. The summed E-state index contributed by atoms with van der Waals surface area (Å²) in [6.45, 7) is 5.07. The van der Waals surface area contributed by atoms with Crippen molar-refractivity contribution in [2.24, 2.45) is 0 Å². The molecule has 8 heteroatoms. The topological polar surface area (TPSA) is 95.6 Å². The molecule has 230 valence electrons. The van der Waals surface area contributed by atoms with Gasteiger partial charge < -0.3 is 10.6 Å². The van der Waals surface area contributed by atoms with E-state index in [2.05, 4.69) is 22.8 Å². The van der Waals surface area contributed by atoms with Gasteiger partial charge in [-0.25, -0.2) is 8.42 Å². The smallest absolute Gasteiger partial charge is 0.255 e. The summed E-state index contributed by atoms with van der Waals surface area (Å²) >= 11 is 0. The van der Waals surface area contributed by atoms with Gasteiger partial charge in [0.25, 0.3) is 11.8 Å². The van der Waals surface area contributed by atoms with Crippen LogP contribution in [0.15, 0.2) is 120 Å². The first-order chi connectivity index (χ1) is 21.8. The van der Waals surface area contributed by atoms with E-state index in [4.69, 9.17) is 0 Å². The maximum atomic E-state index is 13.5. The molecule has 2 N–H and O–H groups in total. The second kappa shape index (κ2) is 14.3. The summed E-state index contributed by atoms with van der Waals surface area (Å²) in [7, 11) is -3.67. The second-order valence-corrected chi connectivity index (χ2v) is 12.8. The fraction of sp³-hybridized carbons (Fsp3) is 0.189. The molecule has 7 nitrogen and oxygen atoms in total. The third kappa shape index (κ3) is 7.48. The zero-order chi connectivity index (χ0) is 31.8. The van der Waals surface area contributed by atoms with E-state index < -0.39 is 15.9 Å². The molecule has 5 rings (SSSR count). The molecule has 0 spiro atoms. The number of nitrogens with one attached hydrogen (secondary N) is 2. The molecule has 0 atom stereocenters. The van der Waals surface area contributed by atoms with E-state index in [1.54, 1.807) is 12.1 Å². The molecule has 0 unspecified atom stereocenters. The van der Waals surface area contributed by atoms with Gasteiger partial charge in [0, 0.05) is 25.2 Å². The maximum absolute atomic E-state index is 13.5. The van der Waals surface area contributed by atoms with E-state index in [1.165, 1.54) is 28.6 Å². The Morgan fingerprint density at radius 2 is 1.24 bits per heavy atom. The number of nitrogens with zero attached hydrogens (tertiary/aromatic N) is 1. The lowest BCUT2D eigenvalue weighted by molar-refractivity contribution is 0.0952. The van der Waals surface area contributed by atoms with E-state index in [0.717, 1.165) is 27.5 Å². The monoisotopic (exact) mass is 619 g/mol. The summed E-state index contributed by atoms with van der Waals surface area (Å²) in [5.74, 6) is -0.768. The third-order valence-corrected chi connectivity index (χ3v) is 9.51. The van der Waals surface area contributed by atoms with Crippen LogP contribution in [0.2, 0.25) is 0 Å². The zero-order valence-corrected chi connectivity index (χ0v) is 26.3. The van der Waals surface area contributed by atoms with E-state index in [1.807, 2.05) is 80.6 Å². The summed E-state index contributed by atoms with van der Waals surface area (Å²) in [5, 5.41) is 7.61. The first-order valence-corrected chi connectivity index (χ1v) is 16.6. The average Bonchev–Trinajstić information content (AvgIpc) is 3.07. The fourth-order valence-corrected chi connectivity index (χ4v) is 6.85. The van der Waals surface area contributed by atoms with Crippen molar-refractivity contribution < 1.29 is 18.0 Å². The lowest BCUT2D eigenvalue weighted by Crippen LogP contribution is -2.32. The minimum atomic E-state index is -3.67. The quantitative estimate of drug-likeness (QED) is 0.151. The lowest BCUT2D eigenvalue weighted by atomic mass is 10.0. The first-order valence-electron chi connectivity index (χ1n) is 15.2. The molecule has 45 heavy (non-hydrogen) atoms. The van der Waals surface area contributed by atoms with Crippen LogP contribution in [-0.2, 0) is 16.6 Å². The van der Waals surface area contributed by atoms with Crippen LogP contribution in [0.4, 0.5) is 5.69 Å². The molecule has 2 amide bonds. The number of carbonyl (C=O) groups is 2. The van der Waals surface area contributed by atoms with Gasteiger partial charge in [0.2, 0.25) is 10.0 Å². The molecular formula is C37H37N3O4S. The van der Waals surface area contributed by atoms with Gasteiger partial charge in [-0.2, -0.15) is 4.31 Å². The fourth-order valence-electron chi connectivity index (χ4n) is 5.23. The van der Waals surface area contributed by atoms with Gasteiger partial charge in [-0.05, 0) is 76.7 Å². The number of sulfonamides is 1. The highest BCUT2D eigenvalue weighted by Gasteiger charge is 2.23. The Balaban J connectivity index is 1.34. The zero-order valence-electron chi connectivity index (χ0n) is 25.5. The van der Waals surface area contributed by atoms with Crippen LogP contribution in [-0.4, -0.2) is 37.6 Å². The van der Waals surface area contributed by atoms with Crippen LogP contribution in [0.1, 0.15) is 53.0 Å². The van der Waals surface area contributed by atoms with Crippen molar-refractivity contribution in [2.75, 3.05) is 18.4 Å². The minimum absolute atomic E-state index is 0.142. The van der Waals surface area contributed by atoms with Crippen molar-refractivity contribution >= 4 is 38.3 Å². The van der Waals surface area contributed by atoms with Crippen molar-refractivity contribution in [1.82, 2.24) is 9.62 Å². The highest BCUT2D eigenvalue weighted by Crippen LogP contribution is 2.26. The Kier molecular flexibility index (Phi) is 10.1. The van der Waals surface area contributed by atoms with E-state index in [9.17, 15) is 18.0 Å². The Morgan fingerprint density at radius 1 is 0.667 bits per heavy atom. The highest BCUT2D eigenvalue weighted by molar-refractivity contribution is 7.89. The SMILES string of the molecule is CCCN(CCC)S(=O)(=O)c1ccc(C(=O)Nc2cc3ccccc3cc2C(=O)NCc2ccc(-c3ccccc3)cc2)cc1. The molecule has 0 radical (unpaired) electrons. The largest absolute Gasteiger partial charge is 0.348 e. The Hall–Kier alpha value is -4.79. The summed E-state index contributed by atoms with van der Waals surface area (Å²) in [6.07, 6.45) is 1.42. The van der Waals surface area contributed by atoms with Crippen LogP contribution < -0.4 is 10.6 Å². The number of benzene rings is 5. The van der Waals surface area contributed by atoms with Crippen molar-refractivity contribution in [3.63, 3.8) is 0 Å². The van der Waals surface area contributed by atoms with Crippen LogP contribution in [0.25, 0.3) is 21.9 Å². The summed E-state index contributed by atoms with van der Waals surface area (Å²) in [6, 6.07) is 35.2. The molecule has 0 heterocycles. The van der Waals surface area contributed by atoms with Gasteiger partial charge in [0.15, 0.2) is 0 Å². The van der Waals surface area contributed by atoms with E-state index >= 15 is 0 Å². The van der Waals surface area contributed by atoms with Gasteiger partial charge in [-0.15, -0.1) is 0 Å². The molecule has 0 bridgehead atoms. The van der Waals surface area contributed by atoms with Crippen molar-refractivity contribution in [1.29, 1.82) is 0 Å². The Labute approximate surface area is 265 Å². The van der Waals surface area contributed by atoms with Gasteiger partial charge in [0.1, 0.15) is 0 Å². The predicted molar refractivity (Wildman–Crippen MR) is 181 cm³/mol. The van der Waals surface area contributed by atoms with Crippen molar-refractivity contribution in [3.05, 3.63) is 132 Å². The third-order valence-electron chi connectivity index (χ3n) is 7.59. The molecular weight excluding hydrogens is 582 g/mol. The van der Waals surface area contributed by atoms with E-state index in [0.29, 0.717) is 43.7 Å². The molecule has 0 saturated carbocycles. The normalized spacial score (nSPS) is 11.4. The Morgan fingerprint density at radius 3 is 1.87 bits per heavy atom. The maximum Gasteiger partial charge on any atom is 0.255 e. The summed E-state index contributed by atoms with van der Waals surface area (Å²) in [5.41, 5.74) is 4.14. The van der Waals surface area contributed by atoms with Crippen LogP contribution in [0.3, 0.4) is 0 Å². The van der Waals surface area contributed by atoms with Gasteiger partial charge >= 0.3 is 0 Å². The van der Waals surface area contributed by atoms with Crippen molar-refractivity contribution in [3.8, 4) is 11.1 Å². The number of fused-ring (bicyclic) bond motifs is 1. The van der Waals surface area contributed by atoms with Gasteiger partial charge in [-0.1, -0.05) is 92.7 Å². The van der Waals surface area contributed by atoms with Gasteiger partial charge in [0.05, 0.1) is 16.1 Å². The van der Waals surface area contributed by atoms with Crippen LogP contribution in [0.5, 0.6) is 0 Å². The number of carbonyl (C=O) groups excluding carboxylic acids is 2. The number of hydrogen-bond acceptors (Lipinski definition) is 4. The average molecular weight is 620 g/mol. The minimum Gasteiger partial charge on any atom is -0.348 e. The van der Waals surface area contributed by atoms with E-state index in [-0.39, 0.29) is 16.4 Å². The first kappa shape index (κ1) is 31.6. The highest BCUT2D eigenvalue weighted by atomic mass is 32.2. The van der Waals surface area contributed by atoms with Crippen LogP contribution >= 0.6 is 0 Å². The second-order valence-electron chi connectivity index (χ2n) is 10.9. The van der Waals surface area contributed by atoms with Crippen molar-refractivity contribution in [2.45, 2.75) is 38.1 Å². The standard InChI is InChI=1S/C37H37N3O4S/c1-3-22-40(23-4-2)45(43,44)33-20-18-30(19-21-33)36(41)39-35-25-32-13-9-8-12-31(32)24-34(35)37(42)38-26-27-14-16-29(17-15-27)28-10-6-5-7-11-28/h5-21,24-25H,3-4,22-23,26H2,1-2H3,(H,38,42)(H,39,41). The molecule has 0 saturated heterocycles. The number of hydrogen-bond donors (Lipinski definition) is 2. The molecule has 0 aliphatic rings. The summed E-state index contributed by atoms with van der Waals surface area (Å²) < 4.78 is 27.8. The lowest BCUT2D eigenvalue weighted by Gasteiger charge is -2.21. The van der Waals surface area contributed by atoms with Crippen LogP contribution in [0, 0.1) is 0 Å². The molecule has 0 aromatic heterocycles. The number of anilines is 1. The predicted octanol–water partition coefficient (Wildman–Crippen LogP) is 7.50. The molecule has 0 aliphatic carbocycles. The molecule has 0 aliphatic heterocycles. The molecule has 5 aromatic rings.